The summed E-state index contributed by atoms with van der Waals surface area (Å²) in [6.45, 7) is 4.24. The van der Waals surface area contributed by atoms with E-state index >= 15 is 0 Å². The fourth-order valence-electron chi connectivity index (χ4n) is 3.72. The van der Waals surface area contributed by atoms with Crippen LogP contribution in [0.5, 0.6) is 5.75 Å². The Hall–Kier alpha value is -4.08. The lowest BCUT2D eigenvalue weighted by molar-refractivity contribution is -0.384. The average Bonchev–Trinajstić information content (AvgIpc) is 3.37. The number of hydrazone groups is 1. The number of ether oxygens (including phenoxy) is 1. The molecule has 1 heterocycles. The van der Waals surface area contributed by atoms with Crippen LogP contribution in [0.2, 0.25) is 0 Å². The summed E-state index contributed by atoms with van der Waals surface area (Å²) in [6.07, 6.45) is 0.542. The van der Waals surface area contributed by atoms with Crippen molar-refractivity contribution in [2.24, 2.45) is 5.10 Å². The summed E-state index contributed by atoms with van der Waals surface area (Å²) >= 11 is 0. The number of nitro groups is 1. The van der Waals surface area contributed by atoms with Crippen LogP contribution in [-0.4, -0.2) is 22.6 Å². The van der Waals surface area contributed by atoms with Crippen LogP contribution < -0.4 is 21.0 Å². The van der Waals surface area contributed by atoms with Gasteiger partial charge in [-0.25, -0.2) is 16.3 Å². The van der Waals surface area contributed by atoms with Gasteiger partial charge in [0.1, 0.15) is 18.4 Å². The molecule has 4 rings (SSSR count). The van der Waals surface area contributed by atoms with Crippen LogP contribution >= 0.6 is 0 Å². The number of hydrogen-bond acceptors (Lipinski definition) is 7. The molecule has 1 aliphatic rings. The van der Waals surface area contributed by atoms with Gasteiger partial charge in [-0.2, -0.15) is 5.10 Å². The first-order valence-electron chi connectivity index (χ1n) is 11.3. The monoisotopic (exact) mass is 473 g/mol. The number of rotatable bonds is 8. The number of amides is 1. The molecule has 3 aromatic carbocycles. The zero-order chi connectivity index (χ0) is 24.8. The van der Waals surface area contributed by atoms with Crippen molar-refractivity contribution < 1.29 is 14.5 Å². The normalized spacial score (nSPS) is 17.7. The summed E-state index contributed by atoms with van der Waals surface area (Å²) in [5, 5.41) is 15.1. The lowest BCUT2D eigenvalue weighted by Crippen LogP contribution is -2.41. The van der Waals surface area contributed by atoms with E-state index in [1.165, 1.54) is 17.7 Å². The van der Waals surface area contributed by atoms with E-state index < -0.39 is 11.0 Å². The minimum Gasteiger partial charge on any atom is -0.489 e. The van der Waals surface area contributed by atoms with Gasteiger partial charge in [-0.15, -0.1) is 0 Å². The molecule has 1 amide bonds. The lowest BCUT2D eigenvalue weighted by atomic mass is 10.0. The Morgan fingerprint density at radius 1 is 1.11 bits per heavy atom. The first kappa shape index (κ1) is 24.1. The smallest absolute Gasteiger partial charge is 0.270 e. The molecule has 0 aliphatic carbocycles. The highest BCUT2D eigenvalue weighted by Crippen LogP contribution is 2.25. The number of hydrazine groups is 1. The molecule has 9 heteroatoms. The van der Waals surface area contributed by atoms with E-state index in [0.29, 0.717) is 24.3 Å². The highest BCUT2D eigenvalue weighted by Gasteiger charge is 2.30. The van der Waals surface area contributed by atoms with Crippen molar-refractivity contribution in [2.45, 2.75) is 39.0 Å². The largest absolute Gasteiger partial charge is 0.489 e. The van der Waals surface area contributed by atoms with E-state index in [1.54, 1.807) is 19.1 Å². The van der Waals surface area contributed by atoms with Crippen molar-refractivity contribution in [3.8, 4) is 5.75 Å². The second-order valence-corrected chi connectivity index (χ2v) is 8.45. The number of hydrogen-bond donors (Lipinski definition) is 3. The van der Waals surface area contributed by atoms with Crippen molar-refractivity contribution >= 4 is 17.3 Å². The molecule has 0 saturated carbocycles. The predicted octanol–water partition coefficient (Wildman–Crippen LogP) is 3.93. The Kier molecular flexibility index (Phi) is 7.49. The fraction of sp³-hybridized carbons (Fsp3) is 0.231. The van der Waals surface area contributed by atoms with Crippen LogP contribution in [0, 0.1) is 17.0 Å². The minimum absolute atomic E-state index is 0.0283. The summed E-state index contributed by atoms with van der Waals surface area (Å²) < 4.78 is 5.87. The summed E-state index contributed by atoms with van der Waals surface area (Å²) in [7, 11) is 0. The highest BCUT2D eigenvalue weighted by atomic mass is 16.6. The van der Waals surface area contributed by atoms with Gasteiger partial charge >= 0.3 is 0 Å². The topological polar surface area (TPSA) is 118 Å². The van der Waals surface area contributed by atoms with Gasteiger partial charge in [-0.05, 0) is 43.5 Å². The number of nitrogens with zero attached hydrogens (tertiary/aromatic N) is 2. The van der Waals surface area contributed by atoms with Crippen LogP contribution in [0.15, 0.2) is 77.9 Å². The van der Waals surface area contributed by atoms with Gasteiger partial charge in [0, 0.05) is 23.7 Å². The van der Waals surface area contributed by atoms with Crippen LogP contribution in [0.4, 0.5) is 5.69 Å². The predicted molar refractivity (Wildman–Crippen MR) is 133 cm³/mol. The van der Waals surface area contributed by atoms with Gasteiger partial charge in [0.15, 0.2) is 0 Å². The van der Waals surface area contributed by atoms with Gasteiger partial charge in [0.2, 0.25) is 0 Å². The van der Waals surface area contributed by atoms with Crippen molar-refractivity contribution in [3.63, 3.8) is 0 Å². The van der Waals surface area contributed by atoms with Crippen molar-refractivity contribution in [1.29, 1.82) is 0 Å². The standard InChI is InChI=1S/C26H27N5O4/c1-17-6-8-19(9-7-17)16-35-23-12-10-20(11-13-23)24-15-25(29-28-24)26(32)30-27-18(2)21-4-3-5-22(14-21)31(33)34/h3-14,24-25,28-29H,15-16H2,1-2H3,(H,30,32)/b27-18-. The first-order chi connectivity index (χ1) is 16.9. The highest BCUT2D eigenvalue weighted by molar-refractivity contribution is 5.99. The number of carbonyl (C=O) groups excluding carboxylic acids is 1. The van der Waals surface area contributed by atoms with E-state index in [-0.39, 0.29) is 17.6 Å². The van der Waals surface area contributed by atoms with E-state index in [9.17, 15) is 14.9 Å². The number of carbonyl (C=O) groups is 1. The molecule has 1 aliphatic heterocycles. The average molecular weight is 474 g/mol. The molecule has 0 radical (unpaired) electrons. The first-order valence-corrected chi connectivity index (χ1v) is 11.3. The molecule has 2 unspecified atom stereocenters. The molecule has 180 valence electrons. The Balaban J connectivity index is 1.29. The zero-order valence-corrected chi connectivity index (χ0v) is 19.5. The molecule has 1 fully saturated rings. The van der Waals surface area contributed by atoms with Gasteiger partial charge in [0.05, 0.1) is 10.6 Å². The summed E-state index contributed by atoms with van der Waals surface area (Å²) in [5.41, 5.74) is 13.1. The molecule has 1 saturated heterocycles. The Morgan fingerprint density at radius 3 is 2.57 bits per heavy atom. The molecule has 0 aromatic heterocycles. The molecular formula is C26H27N5O4. The number of benzene rings is 3. The molecule has 35 heavy (non-hydrogen) atoms. The van der Waals surface area contributed by atoms with Crippen LogP contribution in [0.1, 0.15) is 41.6 Å². The third-order valence-electron chi connectivity index (χ3n) is 5.84. The third kappa shape index (κ3) is 6.28. The molecule has 3 N–H and O–H groups in total. The maximum Gasteiger partial charge on any atom is 0.270 e. The molecular weight excluding hydrogens is 446 g/mol. The van der Waals surface area contributed by atoms with Crippen LogP contribution in [0.25, 0.3) is 0 Å². The van der Waals surface area contributed by atoms with Crippen LogP contribution in [0.3, 0.4) is 0 Å². The maximum atomic E-state index is 12.6. The molecule has 3 aromatic rings. The number of non-ortho nitro benzene ring substituents is 1. The summed E-state index contributed by atoms with van der Waals surface area (Å²) in [5.74, 6) is 0.489. The third-order valence-corrected chi connectivity index (χ3v) is 5.84. The minimum atomic E-state index is -0.473. The van der Waals surface area contributed by atoms with E-state index in [2.05, 4.69) is 52.6 Å². The van der Waals surface area contributed by atoms with Gasteiger partial charge in [-0.3, -0.25) is 14.9 Å². The summed E-state index contributed by atoms with van der Waals surface area (Å²) in [6, 6.07) is 21.6. The second kappa shape index (κ2) is 10.9. The van der Waals surface area contributed by atoms with Crippen LogP contribution in [-0.2, 0) is 11.4 Å². The number of nitro benzene ring substituents is 1. The molecule has 2 atom stereocenters. The van der Waals surface area contributed by atoms with Gasteiger partial charge in [-0.1, -0.05) is 54.1 Å². The van der Waals surface area contributed by atoms with Crippen molar-refractivity contribution in [3.05, 3.63) is 105 Å². The SMILES string of the molecule is C/C(=N/NC(=O)C1CC(c2ccc(OCc3ccc(C)cc3)cc2)NN1)c1cccc([N+](=O)[O-])c1. The fourth-order valence-corrected chi connectivity index (χ4v) is 3.72. The lowest BCUT2D eigenvalue weighted by Gasteiger charge is -2.11. The Morgan fingerprint density at radius 2 is 1.86 bits per heavy atom. The molecule has 0 bridgehead atoms. The molecule has 0 spiro atoms. The van der Waals surface area contributed by atoms with Gasteiger partial charge < -0.3 is 4.74 Å². The van der Waals surface area contributed by atoms with Crippen molar-refractivity contribution in [1.82, 2.24) is 16.3 Å². The van der Waals surface area contributed by atoms with Gasteiger partial charge in [0.25, 0.3) is 11.6 Å². The van der Waals surface area contributed by atoms with E-state index in [1.807, 2.05) is 24.3 Å². The Bertz CT molecular complexity index is 1230. The number of nitrogens with one attached hydrogen (secondary N) is 3. The Labute approximate surface area is 203 Å². The van der Waals surface area contributed by atoms with E-state index in [4.69, 9.17) is 4.74 Å². The van der Waals surface area contributed by atoms with E-state index in [0.717, 1.165) is 16.9 Å². The van der Waals surface area contributed by atoms with Crippen molar-refractivity contribution in [2.75, 3.05) is 0 Å². The number of aryl methyl sites for hydroxylation is 1. The maximum absolute atomic E-state index is 12.6. The zero-order valence-electron chi connectivity index (χ0n) is 19.5. The molecule has 9 nitrogen and oxygen atoms in total. The summed E-state index contributed by atoms with van der Waals surface area (Å²) in [4.78, 5) is 23.1. The quantitative estimate of drug-likeness (QED) is 0.259. The second-order valence-electron chi connectivity index (χ2n) is 8.45.